The van der Waals surface area contributed by atoms with Crippen molar-refractivity contribution in [1.29, 1.82) is 0 Å². The van der Waals surface area contributed by atoms with Crippen LogP contribution in [0.2, 0.25) is 0 Å². The standard InChI is InChI=1S/C25H30N4O4S/c1-18-6-8-19(9-7-18)33-17-16-28-12-14-29(15-13-28)23(31)11-10-22(30)26-25-27-24-20(32-2)4-3-5-21(24)34-25/h3-9H,10-17H2,1-2H3,(H,26,27,30). The lowest BCUT2D eigenvalue weighted by Crippen LogP contribution is -2.49. The Bertz CT molecular complexity index is 1120. The summed E-state index contributed by atoms with van der Waals surface area (Å²) in [5.41, 5.74) is 1.94. The minimum absolute atomic E-state index is 0.0108. The molecule has 0 radical (unpaired) electrons. The van der Waals surface area contributed by atoms with E-state index in [1.165, 1.54) is 16.9 Å². The van der Waals surface area contributed by atoms with Crippen LogP contribution in [0, 0.1) is 6.92 Å². The van der Waals surface area contributed by atoms with Gasteiger partial charge in [0.25, 0.3) is 0 Å². The first kappa shape index (κ1) is 24.0. The lowest BCUT2D eigenvalue weighted by molar-refractivity contribution is -0.134. The molecule has 0 saturated carbocycles. The van der Waals surface area contributed by atoms with Crippen LogP contribution in [-0.2, 0) is 9.59 Å². The van der Waals surface area contributed by atoms with Gasteiger partial charge < -0.3 is 19.7 Å². The molecule has 1 aliphatic heterocycles. The fraction of sp³-hybridized carbons (Fsp3) is 0.400. The fourth-order valence-electron chi connectivity index (χ4n) is 3.85. The number of amides is 2. The highest BCUT2D eigenvalue weighted by atomic mass is 32.1. The summed E-state index contributed by atoms with van der Waals surface area (Å²) in [7, 11) is 1.59. The summed E-state index contributed by atoms with van der Waals surface area (Å²) in [6.07, 6.45) is 0.326. The first-order valence-electron chi connectivity index (χ1n) is 11.4. The Morgan fingerprint density at radius 2 is 1.82 bits per heavy atom. The fourth-order valence-corrected chi connectivity index (χ4v) is 4.75. The van der Waals surface area contributed by atoms with E-state index in [1.54, 1.807) is 7.11 Å². The predicted molar refractivity (Wildman–Crippen MR) is 134 cm³/mol. The van der Waals surface area contributed by atoms with E-state index in [9.17, 15) is 9.59 Å². The van der Waals surface area contributed by atoms with Gasteiger partial charge in [0.05, 0.1) is 11.8 Å². The second-order valence-corrected chi connectivity index (χ2v) is 9.29. The molecule has 4 rings (SSSR count). The van der Waals surface area contributed by atoms with Gasteiger partial charge in [0.1, 0.15) is 23.6 Å². The van der Waals surface area contributed by atoms with Gasteiger partial charge in [0.15, 0.2) is 5.13 Å². The zero-order valence-corrected chi connectivity index (χ0v) is 20.4. The van der Waals surface area contributed by atoms with E-state index >= 15 is 0 Å². The number of hydrogen-bond acceptors (Lipinski definition) is 7. The molecule has 0 unspecified atom stereocenters. The highest BCUT2D eigenvalue weighted by molar-refractivity contribution is 7.22. The Kier molecular flexibility index (Phi) is 7.97. The van der Waals surface area contributed by atoms with Crippen LogP contribution in [0.3, 0.4) is 0 Å². The van der Waals surface area contributed by atoms with Crippen LogP contribution in [0.5, 0.6) is 11.5 Å². The molecule has 1 fully saturated rings. The molecule has 9 heteroatoms. The number of anilines is 1. The van der Waals surface area contributed by atoms with Crippen molar-refractivity contribution >= 4 is 38.5 Å². The van der Waals surface area contributed by atoms with Crippen LogP contribution in [-0.4, -0.2) is 73.0 Å². The van der Waals surface area contributed by atoms with Gasteiger partial charge in [-0.05, 0) is 31.2 Å². The molecule has 1 aromatic heterocycles. The summed E-state index contributed by atoms with van der Waals surface area (Å²) >= 11 is 1.39. The van der Waals surface area contributed by atoms with Crippen LogP contribution in [0.4, 0.5) is 5.13 Å². The number of methoxy groups -OCH3 is 1. The third-order valence-electron chi connectivity index (χ3n) is 5.84. The van der Waals surface area contributed by atoms with E-state index in [0.29, 0.717) is 30.6 Å². The Balaban J connectivity index is 1.15. The Morgan fingerprint density at radius 1 is 1.06 bits per heavy atom. The van der Waals surface area contributed by atoms with E-state index in [2.05, 4.69) is 22.1 Å². The van der Waals surface area contributed by atoms with Gasteiger partial charge in [-0.25, -0.2) is 4.98 Å². The Morgan fingerprint density at radius 3 is 2.56 bits per heavy atom. The number of benzene rings is 2. The van der Waals surface area contributed by atoms with E-state index < -0.39 is 0 Å². The number of carbonyl (C=O) groups excluding carboxylic acids is 2. The van der Waals surface area contributed by atoms with Crippen molar-refractivity contribution in [1.82, 2.24) is 14.8 Å². The van der Waals surface area contributed by atoms with Crippen LogP contribution >= 0.6 is 11.3 Å². The molecule has 2 amide bonds. The summed E-state index contributed by atoms with van der Waals surface area (Å²) in [6, 6.07) is 13.7. The maximum absolute atomic E-state index is 12.6. The number of hydrogen-bond donors (Lipinski definition) is 1. The van der Waals surface area contributed by atoms with Crippen molar-refractivity contribution in [3.8, 4) is 11.5 Å². The second kappa shape index (κ2) is 11.3. The van der Waals surface area contributed by atoms with Crippen molar-refractivity contribution in [3.63, 3.8) is 0 Å². The molecular weight excluding hydrogens is 452 g/mol. The molecule has 8 nitrogen and oxygen atoms in total. The summed E-state index contributed by atoms with van der Waals surface area (Å²) in [4.78, 5) is 33.5. The number of ether oxygens (including phenoxy) is 2. The smallest absolute Gasteiger partial charge is 0.226 e. The first-order valence-corrected chi connectivity index (χ1v) is 12.3. The monoisotopic (exact) mass is 482 g/mol. The molecule has 0 spiro atoms. The molecule has 1 N–H and O–H groups in total. The molecule has 2 aromatic carbocycles. The Labute approximate surface area is 203 Å². The lowest BCUT2D eigenvalue weighted by Gasteiger charge is -2.34. The summed E-state index contributed by atoms with van der Waals surface area (Å²) in [5, 5.41) is 3.32. The number of thiazole rings is 1. The van der Waals surface area contributed by atoms with Crippen molar-refractivity contribution in [2.24, 2.45) is 0 Å². The minimum Gasteiger partial charge on any atom is -0.494 e. The minimum atomic E-state index is -0.210. The molecule has 3 aromatic rings. The number of aryl methyl sites for hydroxylation is 1. The predicted octanol–water partition coefficient (Wildman–Crippen LogP) is 3.56. The number of carbonyl (C=O) groups is 2. The zero-order valence-electron chi connectivity index (χ0n) is 19.6. The van der Waals surface area contributed by atoms with E-state index in [0.717, 1.165) is 35.6 Å². The molecule has 2 heterocycles. The van der Waals surface area contributed by atoms with Gasteiger partial charge in [0, 0.05) is 45.6 Å². The molecule has 1 aliphatic rings. The zero-order chi connectivity index (χ0) is 23.9. The molecule has 1 saturated heterocycles. The molecule has 34 heavy (non-hydrogen) atoms. The number of nitrogens with one attached hydrogen (secondary N) is 1. The topological polar surface area (TPSA) is 84.0 Å². The van der Waals surface area contributed by atoms with Crippen molar-refractivity contribution in [3.05, 3.63) is 48.0 Å². The van der Waals surface area contributed by atoms with Gasteiger partial charge in [0.2, 0.25) is 11.8 Å². The van der Waals surface area contributed by atoms with Crippen molar-refractivity contribution < 1.29 is 19.1 Å². The summed E-state index contributed by atoms with van der Waals surface area (Å²) in [6.45, 7) is 6.45. The summed E-state index contributed by atoms with van der Waals surface area (Å²) < 4.78 is 12.1. The first-order chi connectivity index (χ1) is 16.5. The van der Waals surface area contributed by atoms with Crippen LogP contribution in [0.25, 0.3) is 10.2 Å². The average Bonchev–Trinajstić information content (AvgIpc) is 3.26. The van der Waals surface area contributed by atoms with E-state index in [1.807, 2.05) is 47.4 Å². The van der Waals surface area contributed by atoms with Crippen molar-refractivity contribution in [2.75, 3.05) is 51.8 Å². The van der Waals surface area contributed by atoms with Gasteiger partial charge in [-0.1, -0.05) is 35.1 Å². The Hall–Kier alpha value is -3.17. The van der Waals surface area contributed by atoms with E-state index in [-0.39, 0.29) is 24.7 Å². The van der Waals surface area contributed by atoms with Crippen molar-refractivity contribution in [2.45, 2.75) is 19.8 Å². The third kappa shape index (κ3) is 6.24. The molecular formula is C25H30N4O4S. The number of piperazine rings is 1. The quantitative estimate of drug-likeness (QED) is 0.502. The van der Waals surface area contributed by atoms with Gasteiger partial charge in [-0.2, -0.15) is 0 Å². The SMILES string of the molecule is COc1cccc2sc(NC(=O)CCC(=O)N3CCN(CCOc4ccc(C)cc4)CC3)nc12. The van der Waals surface area contributed by atoms with Crippen LogP contribution < -0.4 is 14.8 Å². The molecule has 0 atom stereocenters. The largest absolute Gasteiger partial charge is 0.494 e. The van der Waals surface area contributed by atoms with Gasteiger partial charge in [-0.15, -0.1) is 0 Å². The normalized spacial score (nSPS) is 14.2. The highest BCUT2D eigenvalue weighted by Gasteiger charge is 2.21. The average molecular weight is 483 g/mol. The van der Waals surface area contributed by atoms with Gasteiger partial charge in [-0.3, -0.25) is 14.5 Å². The number of nitrogens with zero attached hydrogens (tertiary/aromatic N) is 3. The van der Waals surface area contributed by atoms with E-state index in [4.69, 9.17) is 9.47 Å². The maximum Gasteiger partial charge on any atom is 0.226 e. The van der Waals surface area contributed by atoms with Crippen LogP contribution in [0.15, 0.2) is 42.5 Å². The molecule has 0 bridgehead atoms. The van der Waals surface area contributed by atoms with Crippen LogP contribution in [0.1, 0.15) is 18.4 Å². The highest BCUT2D eigenvalue weighted by Crippen LogP contribution is 2.32. The maximum atomic E-state index is 12.6. The number of aromatic nitrogens is 1. The lowest BCUT2D eigenvalue weighted by atomic mass is 10.2. The molecule has 180 valence electrons. The number of fused-ring (bicyclic) bond motifs is 1. The summed E-state index contributed by atoms with van der Waals surface area (Å²) in [5.74, 6) is 1.35. The number of para-hydroxylation sites is 1. The number of rotatable bonds is 9. The second-order valence-electron chi connectivity index (χ2n) is 8.26. The third-order valence-corrected chi connectivity index (χ3v) is 6.77. The molecule has 0 aliphatic carbocycles. The van der Waals surface area contributed by atoms with Gasteiger partial charge >= 0.3 is 0 Å².